The van der Waals surface area contributed by atoms with Gasteiger partial charge in [0.15, 0.2) is 0 Å². The van der Waals surface area contributed by atoms with E-state index in [0.717, 1.165) is 19.3 Å². The van der Waals surface area contributed by atoms with E-state index in [1.807, 2.05) is 0 Å². The molecule has 0 aromatic heterocycles. The van der Waals surface area contributed by atoms with Crippen molar-refractivity contribution in [2.75, 3.05) is 0 Å². The van der Waals surface area contributed by atoms with Crippen LogP contribution < -0.4 is 0 Å². The van der Waals surface area contributed by atoms with Crippen molar-refractivity contribution >= 4 is 0 Å². The monoisotopic (exact) mass is 238 g/mol. The van der Waals surface area contributed by atoms with E-state index in [4.69, 9.17) is 0 Å². The van der Waals surface area contributed by atoms with Crippen molar-refractivity contribution in [3.8, 4) is 11.1 Å². The van der Waals surface area contributed by atoms with Gasteiger partial charge in [-0.15, -0.1) is 0 Å². The van der Waals surface area contributed by atoms with Gasteiger partial charge in [-0.3, -0.25) is 0 Å². The van der Waals surface area contributed by atoms with Crippen LogP contribution in [0.4, 0.5) is 0 Å². The van der Waals surface area contributed by atoms with Crippen molar-refractivity contribution in [1.82, 2.24) is 0 Å². The van der Waals surface area contributed by atoms with E-state index >= 15 is 0 Å². The fourth-order valence-corrected chi connectivity index (χ4v) is 2.81. The zero-order valence-corrected chi connectivity index (χ0v) is 11.7. The van der Waals surface area contributed by atoms with Crippen LogP contribution in [0.25, 0.3) is 11.1 Å². The first kappa shape index (κ1) is 12.9. The number of hydrogen-bond donors (Lipinski definition) is 0. The summed E-state index contributed by atoms with van der Waals surface area (Å²) < 4.78 is 0. The molecule has 0 spiro atoms. The summed E-state index contributed by atoms with van der Waals surface area (Å²) in [6.45, 7) is 6.78. The molecule has 0 amide bonds. The third-order valence-electron chi connectivity index (χ3n) is 3.70. The summed E-state index contributed by atoms with van der Waals surface area (Å²) in [5.74, 6) is 0. The van der Waals surface area contributed by atoms with Gasteiger partial charge in [-0.2, -0.15) is 0 Å². The molecule has 0 aliphatic carbocycles. The van der Waals surface area contributed by atoms with Gasteiger partial charge in [-0.05, 0) is 47.1 Å². The summed E-state index contributed by atoms with van der Waals surface area (Å²) in [7, 11) is 0. The lowest BCUT2D eigenvalue weighted by Gasteiger charge is -2.16. The fraction of sp³-hybridized carbons (Fsp3) is 0.333. The zero-order valence-electron chi connectivity index (χ0n) is 11.7. The van der Waals surface area contributed by atoms with Crippen molar-refractivity contribution in [3.63, 3.8) is 0 Å². The largest absolute Gasteiger partial charge is 0.0622 e. The average Bonchev–Trinajstić information content (AvgIpc) is 2.46. The minimum Gasteiger partial charge on any atom is -0.0622 e. The van der Waals surface area contributed by atoms with E-state index in [0.29, 0.717) is 0 Å². The molecule has 0 aliphatic heterocycles. The first-order valence-corrected chi connectivity index (χ1v) is 7.00. The highest BCUT2D eigenvalue weighted by Gasteiger charge is 2.10. The van der Waals surface area contributed by atoms with Crippen molar-refractivity contribution in [1.29, 1.82) is 0 Å². The molecular weight excluding hydrogens is 216 g/mol. The first-order chi connectivity index (χ1) is 8.81. The Labute approximate surface area is 111 Å². The molecule has 2 aromatic carbocycles. The van der Waals surface area contributed by atoms with E-state index in [1.165, 1.54) is 22.3 Å². The maximum Gasteiger partial charge on any atom is -0.0149 e. The molecule has 0 atom stereocenters. The first-order valence-electron chi connectivity index (χ1n) is 7.00. The summed E-state index contributed by atoms with van der Waals surface area (Å²) in [5.41, 5.74) is 7.34. The molecule has 2 rings (SSSR count). The molecule has 18 heavy (non-hydrogen) atoms. The lowest BCUT2D eigenvalue weighted by molar-refractivity contribution is 0.983. The minimum absolute atomic E-state index is 1.11. The molecule has 0 heterocycles. The second kappa shape index (κ2) is 5.86. The van der Waals surface area contributed by atoms with E-state index in [2.05, 4.69) is 63.2 Å². The van der Waals surface area contributed by atoms with Gasteiger partial charge in [-0.1, -0.05) is 63.2 Å². The van der Waals surface area contributed by atoms with Crippen LogP contribution in [0.5, 0.6) is 0 Å². The number of aryl methyl sites for hydroxylation is 1. The predicted octanol–water partition coefficient (Wildman–Crippen LogP) is 5.04. The molecule has 0 fully saturated rings. The highest BCUT2D eigenvalue weighted by atomic mass is 14.2. The molecular formula is C18H22. The number of rotatable bonds is 4. The molecule has 0 heteroatoms. The fourth-order valence-electron chi connectivity index (χ4n) is 2.81. The van der Waals surface area contributed by atoms with Gasteiger partial charge in [-0.25, -0.2) is 0 Å². The third-order valence-corrected chi connectivity index (χ3v) is 3.70. The summed E-state index contributed by atoms with van der Waals surface area (Å²) in [6, 6.07) is 15.3. The lowest BCUT2D eigenvalue weighted by Crippen LogP contribution is -2.00. The molecule has 0 nitrogen and oxygen atoms in total. The van der Waals surface area contributed by atoms with Crippen LogP contribution in [0, 0.1) is 0 Å². The van der Waals surface area contributed by atoms with Crippen molar-refractivity contribution in [2.45, 2.75) is 40.0 Å². The smallest absolute Gasteiger partial charge is 0.0149 e. The topological polar surface area (TPSA) is 0 Å². The minimum atomic E-state index is 1.11. The Bertz CT molecular complexity index is 509. The van der Waals surface area contributed by atoms with Gasteiger partial charge in [0, 0.05) is 0 Å². The summed E-state index contributed by atoms with van der Waals surface area (Å²) >= 11 is 0. The van der Waals surface area contributed by atoms with Crippen molar-refractivity contribution in [2.24, 2.45) is 0 Å². The van der Waals surface area contributed by atoms with Gasteiger partial charge in [0.2, 0.25) is 0 Å². The Morgan fingerprint density at radius 1 is 0.667 bits per heavy atom. The van der Waals surface area contributed by atoms with Gasteiger partial charge in [0.05, 0.1) is 0 Å². The van der Waals surface area contributed by atoms with Crippen LogP contribution in [0.2, 0.25) is 0 Å². The lowest BCUT2D eigenvalue weighted by atomic mass is 9.88. The molecule has 0 saturated heterocycles. The van der Waals surface area contributed by atoms with Crippen LogP contribution in [0.3, 0.4) is 0 Å². The predicted molar refractivity (Wildman–Crippen MR) is 80.0 cm³/mol. The Morgan fingerprint density at radius 2 is 1.33 bits per heavy atom. The average molecular weight is 238 g/mol. The molecule has 0 bridgehead atoms. The Balaban J connectivity index is 2.62. The second-order valence-electron chi connectivity index (χ2n) is 4.66. The number of benzene rings is 2. The third kappa shape index (κ3) is 2.33. The Hall–Kier alpha value is -1.56. The SMILES string of the molecule is CCc1ccc(-c2ccccc2)c(CC)c1CC. The highest BCUT2D eigenvalue weighted by Crippen LogP contribution is 2.29. The van der Waals surface area contributed by atoms with Crippen molar-refractivity contribution in [3.05, 3.63) is 59.2 Å². The Kier molecular flexibility index (Phi) is 4.19. The van der Waals surface area contributed by atoms with E-state index in [-0.39, 0.29) is 0 Å². The normalized spacial score (nSPS) is 10.6. The summed E-state index contributed by atoms with van der Waals surface area (Å²) in [5, 5.41) is 0. The molecule has 0 unspecified atom stereocenters. The van der Waals surface area contributed by atoms with Crippen LogP contribution in [-0.2, 0) is 19.3 Å². The van der Waals surface area contributed by atoms with E-state index in [9.17, 15) is 0 Å². The van der Waals surface area contributed by atoms with E-state index < -0.39 is 0 Å². The molecule has 0 radical (unpaired) electrons. The zero-order chi connectivity index (χ0) is 13.0. The summed E-state index contributed by atoms with van der Waals surface area (Å²) in [6.07, 6.45) is 3.37. The standard InChI is InChI=1S/C18H22/c1-4-14-12-13-18(15-10-8-7-9-11-15)17(6-3)16(14)5-2/h7-13H,4-6H2,1-3H3. The van der Waals surface area contributed by atoms with E-state index in [1.54, 1.807) is 5.56 Å². The molecule has 94 valence electrons. The van der Waals surface area contributed by atoms with Crippen LogP contribution in [0.1, 0.15) is 37.5 Å². The van der Waals surface area contributed by atoms with Crippen LogP contribution in [0.15, 0.2) is 42.5 Å². The van der Waals surface area contributed by atoms with Gasteiger partial charge < -0.3 is 0 Å². The highest BCUT2D eigenvalue weighted by molar-refractivity contribution is 5.69. The maximum atomic E-state index is 2.31. The maximum absolute atomic E-state index is 2.31. The van der Waals surface area contributed by atoms with Gasteiger partial charge in [0.25, 0.3) is 0 Å². The molecule has 0 N–H and O–H groups in total. The Morgan fingerprint density at radius 3 is 1.89 bits per heavy atom. The van der Waals surface area contributed by atoms with Crippen LogP contribution in [-0.4, -0.2) is 0 Å². The van der Waals surface area contributed by atoms with Crippen molar-refractivity contribution < 1.29 is 0 Å². The van der Waals surface area contributed by atoms with Gasteiger partial charge in [0.1, 0.15) is 0 Å². The summed E-state index contributed by atoms with van der Waals surface area (Å²) in [4.78, 5) is 0. The molecule has 2 aromatic rings. The second-order valence-corrected chi connectivity index (χ2v) is 4.66. The molecule has 0 saturated carbocycles. The van der Waals surface area contributed by atoms with Crippen LogP contribution >= 0.6 is 0 Å². The number of hydrogen-bond acceptors (Lipinski definition) is 0. The molecule has 0 aliphatic rings. The van der Waals surface area contributed by atoms with Gasteiger partial charge >= 0.3 is 0 Å². The quantitative estimate of drug-likeness (QED) is 0.700.